The predicted octanol–water partition coefficient (Wildman–Crippen LogP) is 6.84. The lowest BCUT2D eigenvalue weighted by molar-refractivity contribution is -0.125. The Labute approximate surface area is 279 Å². The van der Waals surface area contributed by atoms with Crippen LogP contribution in [-0.4, -0.2) is 68.6 Å². The van der Waals surface area contributed by atoms with Crippen LogP contribution in [0.5, 0.6) is 0 Å². The Balaban J connectivity index is 1.19. The minimum Gasteiger partial charge on any atom is -0.336 e. The molecule has 9 nitrogen and oxygen atoms in total. The summed E-state index contributed by atoms with van der Waals surface area (Å²) in [6, 6.07) is 10.6. The number of piperidine rings is 1. The first-order valence-corrected chi connectivity index (χ1v) is 17.3. The third kappa shape index (κ3) is 5.11. The highest BCUT2D eigenvalue weighted by Gasteiger charge is 2.55. The number of fused-ring (bicyclic) bond motifs is 3. The van der Waals surface area contributed by atoms with Crippen molar-refractivity contribution < 1.29 is 9.18 Å². The normalized spacial score (nSPS) is 23.6. The van der Waals surface area contributed by atoms with Crippen molar-refractivity contribution in [3.63, 3.8) is 0 Å². The van der Waals surface area contributed by atoms with Gasteiger partial charge in [-0.05, 0) is 88.7 Å². The summed E-state index contributed by atoms with van der Waals surface area (Å²) in [5, 5.41) is 6.84. The number of likely N-dealkylation sites (tertiary alicyclic amines) is 1. The number of carbonyl (C=O) groups is 1. The number of aromatic nitrogens is 4. The molecule has 3 aromatic heterocycles. The molecule has 4 aliphatic rings. The Morgan fingerprint density at radius 3 is 2.57 bits per heavy atom. The second kappa shape index (κ2) is 11.2. The molecule has 246 valence electrons. The Kier molecular flexibility index (Phi) is 7.35. The number of hydrogen-bond acceptors (Lipinski definition) is 7. The molecule has 3 fully saturated rings. The van der Waals surface area contributed by atoms with Crippen LogP contribution in [0.25, 0.3) is 22.3 Å². The van der Waals surface area contributed by atoms with Crippen molar-refractivity contribution >= 4 is 45.7 Å². The molecule has 0 radical (unpaired) electrons. The van der Waals surface area contributed by atoms with Gasteiger partial charge in [-0.1, -0.05) is 37.6 Å². The zero-order valence-electron chi connectivity index (χ0n) is 27.5. The highest BCUT2D eigenvalue weighted by molar-refractivity contribution is 6.29. The maximum Gasteiger partial charge on any atom is 0.238 e. The Hall–Kier alpha value is -3.60. The first kappa shape index (κ1) is 30.7. The smallest absolute Gasteiger partial charge is 0.238 e. The van der Waals surface area contributed by atoms with Gasteiger partial charge in [0.05, 0.1) is 34.8 Å². The van der Waals surface area contributed by atoms with Crippen LogP contribution in [0.15, 0.2) is 42.9 Å². The number of benzene rings is 1. The zero-order valence-corrected chi connectivity index (χ0v) is 28.2. The average molecular weight is 657 g/mol. The molecule has 1 aliphatic carbocycles. The van der Waals surface area contributed by atoms with Crippen molar-refractivity contribution in [2.24, 2.45) is 5.41 Å². The highest BCUT2D eigenvalue weighted by Crippen LogP contribution is 2.52. The monoisotopic (exact) mass is 656 g/mol. The van der Waals surface area contributed by atoms with Crippen molar-refractivity contribution in [3.05, 3.63) is 59.4 Å². The van der Waals surface area contributed by atoms with Crippen LogP contribution in [0, 0.1) is 11.2 Å². The summed E-state index contributed by atoms with van der Waals surface area (Å²) in [7, 11) is 0. The van der Waals surface area contributed by atoms with E-state index in [1.54, 1.807) is 6.33 Å². The molecular formula is C36H42ClFN8O. The number of pyridine rings is 2. The van der Waals surface area contributed by atoms with Crippen LogP contribution in [0.1, 0.15) is 71.4 Å². The molecule has 8 rings (SSSR count). The van der Waals surface area contributed by atoms with E-state index in [4.69, 9.17) is 21.6 Å². The number of rotatable bonds is 6. The van der Waals surface area contributed by atoms with E-state index in [0.717, 1.165) is 85.9 Å². The summed E-state index contributed by atoms with van der Waals surface area (Å²) in [6.07, 6.45) is 7.73. The summed E-state index contributed by atoms with van der Waals surface area (Å²) in [5.41, 5.74) is 5.30. The fraction of sp³-hybridized carbons (Fsp3) is 0.500. The Morgan fingerprint density at radius 1 is 1.06 bits per heavy atom. The number of anilines is 3. The van der Waals surface area contributed by atoms with Crippen LogP contribution in [0.2, 0.25) is 5.15 Å². The van der Waals surface area contributed by atoms with Crippen molar-refractivity contribution in [2.45, 2.75) is 83.3 Å². The third-order valence-electron chi connectivity index (χ3n) is 11.0. The summed E-state index contributed by atoms with van der Waals surface area (Å²) >= 11 is 6.14. The van der Waals surface area contributed by atoms with E-state index >= 15 is 0 Å². The Bertz CT molecular complexity index is 1880. The maximum absolute atomic E-state index is 14.9. The third-order valence-corrected chi connectivity index (χ3v) is 11.2. The van der Waals surface area contributed by atoms with E-state index in [9.17, 15) is 9.18 Å². The number of halogens is 2. The van der Waals surface area contributed by atoms with Crippen LogP contribution in [0.4, 0.5) is 21.6 Å². The quantitative estimate of drug-likeness (QED) is 0.220. The molecule has 1 spiro atoms. The molecule has 2 N–H and O–H groups in total. The lowest BCUT2D eigenvalue weighted by Crippen LogP contribution is -2.57. The number of hydrogen-bond donors (Lipinski definition) is 2. The summed E-state index contributed by atoms with van der Waals surface area (Å²) < 4.78 is 16.9. The van der Waals surface area contributed by atoms with Crippen LogP contribution >= 0.6 is 11.6 Å². The van der Waals surface area contributed by atoms with E-state index in [1.807, 2.05) is 10.6 Å². The SMILES string of the molecule is CC(C)n1cnc2cc(-c3ccc4c(c3)N(C3CC(N5CCC(C)(C)C5)C3)C(=O)C43CCNCC3)nc(Nc3cc(Cl)ncc3F)c21. The van der Waals surface area contributed by atoms with Gasteiger partial charge in [0.15, 0.2) is 11.6 Å². The Morgan fingerprint density at radius 2 is 1.85 bits per heavy atom. The maximum atomic E-state index is 14.9. The molecule has 2 saturated heterocycles. The molecule has 1 amide bonds. The summed E-state index contributed by atoms with van der Waals surface area (Å²) in [6.45, 7) is 12.8. The van der Waals surface area contributed by atoms with Crippen LogP contribution in [-0.2, 0) is 10.2 Å². The van der Waals surface area contributed by atoms with Gasteiger partial charge in [-0.15, -0.1) is 0 Å². The van der Waals surface area contributed by atoms with E-state index in [-0.39, 0.29) is 28.8 Å². The number of nitrogens with one attached hydrogen (secondary N) is 2. The predicted molar refractivity (Wildman–Crippen MR) is 184 cm³/mol. The van der Waals surface area contributed by atoms with Crippen molar-refractivity contribution in [3.8, 4) is 11.3 Å². The van der Waals surface area contributed by atoms with E-state index < -0.39 is 11.2 Å². The fourth-order valence-electron chi connectivity index (χ4n) is 8.31. The first-order valence-electron chi connectivity index (χ1n) is 16.9. The van der Waals surface area contributed by atoms with Crippen molar-refractivity contribution in [1.29, 1.82) is 0 Å². The molecule has 4 aromatic rings. The zero-order chi connectivity index (χ0) is 32.7. The van der Waals surface area contributed by atoms with Gasteiger partial charge in [0.25, 0.3) is 0 Å². The van der Waals surface area contributed by atoms with Crippen LogP contribution in [0.3, 0.4) is 0 Å². The minimum absolute atomic E-state index is 0.109. The lowest BCUT2D eigenvalue weighted by atomic mass is 9.74. The molecule has 1 saturated carbocycles. The molecule has 3 aliphatic heterocycles. The summed E-state index contributed by atoms with van der Waals surface area (Å²) in [5.74, 6) is 0.201. The number of carbonyl (C=O) groups excluding carboxylic acids is 1. The number of amides is 1. The van der Waals surface area contributed by atoms with Gasteiger partial charge in [-0.3, -0.25) is 9.69 Å². The number of nitrogens with zero attached hydrogens (tertiary/aromatic N) is 6. The second-order valence-corrected chi connectivity index (χ2v) is 15.4. The molecule has 0 bridgehead atoms. The van der Waals surface area contributed by atoms with Gasteiger partial charge < -0.3 is 20.1 Å². The fourth-order valence-corrected chi connectivity index (χ4v) is 8.46. The second-order valence-electron chi connectivity index (χ2n) is 15.0. The van der Waals surface area contributed by atoms with Gasteiger partial charge in [0, 0.05) is 42.0 Å². The summed E-state index contributed by atoms with van der Waals surface area (Å²) in [4.78, 5) is 32.9. The standard InChI is InChI=1S/C36H42ClFN8O/c1-21(2)45-20-41-29-16-27(42-33(32(29)45)43-28-17-31(37)40-18-26(28)38)22-5-6-25-30(13-22)46(34(47)36(25)7-10-39-11-8-36)24-14-23(15-24)44-12-9-35(3,4)19-44/h5-6,13,16-18,20-21,23-24,39H,7-12,14-15,19H2,1-4H3,(H,40,42,43). The minimum atomic E-state index is -0.527. The lowest BCUT2D eigenvalue weighted by Gasteiger charge is -2.46. The van der Waals surface area contributed by atoms with Gasteiger partial charge >= 0.3 is 0 Å². The van der Waals surface area contributed by atoms with Gasteiger partial charge in [-0.25, -0.2) is 19.3 Å². The van der Waals surface area contributed by atoms with Gasteiger partial charge in [-0.2, -0.15) is 0 Å². The molecule has 47 heavy (non-hydrogen) atoms. The van der Waals surface area contributed by atoms with Crippen LogP contribution < -0.4 is 15.5 Å². The first-order chi connectivity index (χ1) is 22.5. The largest absolute Gasteiger partial charge is 0.336 e. The van der Waals surface area contributed by atoms with Gasteiger partial charge in [0.2, 0.25) is 5.91 Å². The molecular weight excluding hydrogens is 615 g/mol. The molecule has 6 heterocycles. The topological polar surface area (TPSA) is 91.2 Å². The van der Waals surface area contributed by atoms with Gasteiger partial charge in [0.1, 0.15) is 10.7 Å². The van der Waals surface area contributed by atoms with Crippen molar-refractivity contribution in [1.82, 2.24) is 29.7 Å². The molecule has 0 atom stereocenters. The van der Waals surface area contributed by atoms with Crippen molar-refractivity contribution in [2.75, 3.05) is 36.4 Å². The highest BCUT2D eigenvalue weighted by atomic mass is 35.5. The molecule has 11 heteroatoms. The molecule has 0 unspecified atom stereocenters. The van der Waals surface area contributed by atoms with E-state index in [1.165, 1.54) is 12.5 Å². The average Bonchev–Trinajstić information content (AvgIpc) is 3.68. The molecule has 1 aromatic carbocycles. The number of imidazole rings is 1. The van der Waals surface area contributed by atoms with E-state index in [0.29, 0.717) is 23.0 Å². The van der Waals surface area contributed by atoms with E-state index in [2.05, 4.69) is 71.3 Å².